The highest BCUT2D eigenvalue weighted by molar-refractivity contribution is 6.31. The molecule has 0 aliphatic heterocycles. The first-order valence-corrected chi connectivity index (χ1v) is 5.87. The maximum absolute atomic E-state index is 5.87. The van der Waals surface area contributed by atoms with Crippen molar-refractivity contribution >= 4 is 23.0 Å². The fourth-order valence-electron chi connectivity index (χ4n) is 1.71. The standard InChI is InChI=1S/C14H15ClN2/c1-10-3-2-4-11(7-10)9-17-14-6-5-12(15)8-13(14)16/h2-8,17H,9,16H2,1H3. The topological polar surface area (TPSA) is 38.0 Å². The molecule has 0 heterocycles. The molecule has 3 N–H and O–H groups in total. The molecule has 0 aliphatic carbocycles. The van der Waals surface area contributed by atoms with E-state index in [0.29, 0.717) is 10.7 Å². The van der Waals surface area contributed by atoms with Crippen LogP contribution in [0, 0.1) is 6.92 Å². The Balaban J connectivity index is 2.07. The molecule has 0 aliphatic rings. The monoisotopic (exact) mass is 246 g/mol. The van der Waals surface area contributed by atoms with Crippen LogP contribution in [-0.2, 0) is 6.54 Å². The van der Waals surface area contributed by atoms with Crippen molar-refractivity contribution < 1.29 is 0 Å². The Morgan fingerprint density at radius 3 is 2.71 bits per heavy atom. The van der Waals surface area contributed by atoms with E-state index in [2.05, 4.69) is 36.5 Å². The van der Waals surface area contributed by atoms with Crippen LogP contribution in [-0.4, -0.2) is 0 Å². The van der Waals surface area contributed by atoms with Crippen LogP contribution in [0.5, 0.6) is 0 Å². The van der Waals surface area contributed by atoms with E-state index in [1.807, 2.05) is 12.1 Å². The van der Waals surface area contributed by atoms with Crippen LogP contribution < -0.4 is 11.1 Å². The highest BCUT2D eigenvalue weighted by Gasteiger charge is 1.99. The molecule has 0 bridgehead atoms. The van der Waals surface area contributed by atoms with Crippen LogP contribution in [0.15, 0.2) is 42.5 Å². The largest absolute Gasteiger partial charge is 0.397 e. The number of rotatable bonds is 3. The van der Waals surface area contributed by atoms with Crippen molar-refractivity contribution in [3.8, 4) is 0 Å². The highest BCUT2D eigenvalue weighted by Crippen LogP contribution is 2.23. The van der Waals surface area contributed by atoms with Crippen molar-refractivity contribution in [2.24, 2.45) is 0 Å². The lowest BCUT2D eigenvalue weighted by atomic mass is 10.1. The van der Waals surface area contributed by atoms with Gasteiger partial charge in [0, 0.05) is 11.6 Å². The molecule has 0 saturated carbocycles. The van der Waals surface area contributed by atoms with Crippen molar-refractivity contribution in [3.05, 3.63) is 58.6 Å². The van der Waals surface area contributed by atoms with Gasteiger partial charge in [-0.3, -0.25) is 0 Å². The number of nitrogen functional groups attached to an aromatic ring is 1. The lowest BCUT2D eigenvalue weighted by molar-refractivity contribution is 1.14. The number of aryl methyl sites for hydroxylation is 1. The lowest BCUT2D eigenvalue weighted by Gasteiger charge is -2.10. The first kappa shape index (κ1) is 11.8. The maximum atomic E-state index is 5.87. The zero-order valence-electron chi connectivity index (χ0n) is 9.70. The molecular formula is C14H15ClN2. The normalized spacial score (nSPS) is 10.2. The Hall–Kier alpha value is -1.67. The van der Waals surface area contributed by atoms with Gasteiger partial charge in [0.2, 0.25) is 0 Å². The Kier molecular flexibility index (Phi) is 3.55. The summed E-state index contributed by atoms with van der Waals surface area (Å²) in [5.41, 5.74) is 9.95. The molecule has 0 radical (unpaired) electrons. The average molecular weight is 247 g/mol. The van der Waals surface area contributed by atoms with Crippen LogP contribution >= 0.6 is 11.6 Å². The predicted molar refractivity (Wildman–Crippen MR) is 74.4 cm³/mol. The van der Waals surface area contributed by atoms with Gasteiger partial charge in [0.05, 0.1) is 11.4 Å². The molecule has 0 fully saturated rings. The van der Waals surface area contributed by atoms with Gasteiger partial charge in [-0.05, 0) is 30.7 Å². The summed E-state index contributed by atoms with van der Waals surface area (Å²) in [5, 5.41) is 3.96. The van der Waals surface area contributed by atoms with Gasteiger partial charge < -0.3 is 11.1 Å². The van der Waals surface area contributed by atoms with E-state index < -0.39 is 0 Å². The second-order valence-electron chi connectivity index (χ2n) is 4.07. The summed E-state index contributed by atoms with van der Waals surface area (Å²) in [5.74, 6) is 0. The lowest BCUT2D eigenvalue weighted by Crippen LogP contribution is -2.02. The van der Waals surface area contributed by atoms with Gasteiger partial charge in [-0.25, -0.2) is 0 Å². The van der Waals surface area contributed by atoms with E-state index in [0.717, 1.165) is 12.2 Å². The second-order valence-corrected chi connectivity index (χ2v) is 4.51. The van der Waals surface area contributed by atoms with E-state index in [1.165, 1.54) is 11.1 Å². The number of hydrogen-bond donors (Lipinski definition) is 2. The zero-order chi connectivity index (χ0) is 12.3. The van der Waals surface area contributed by atoms with Crippen LogP contribution in [0.2, 0.25) is 5.02 Å². The van der Waals surface area contributed by atoms with Crippen molar-refractivity contribution in [1.29, 1.82) is 0 Å². The third-order valence-corrected chi connectivity index (χ3v) is 2.81. The molecule has 2 aromatic rings. The van der Waals surface area contributed by atoms with Gasteiger partial charge in [-0.15, -0.1) is 0 Å². The number of nitrogens with one attached hydrogen (secondary N) is 1. The molecule has 0 atom stereocenters. The predicted octanol–water partition coefficient (Wildman–Crippen LogP) is 3.84. The molecule has 0 amide bonds. The second kappa shape index (κ2) is 5.11. The Morgan fingerprint density at radius 1 is 1.18 bits per heavy atom. The minimum absolute atomic E-state index is 0.656. The van der Waals surface area contributed by atoms with Crippen LogP contribution in [0.3, 0.4) is 0 Å². The van der Waals surface area contributed by atoms with E-state index in [-0.39, 0.29) is 0 Å². The summed E-state index contributed by atoms with van der Waals surface area (Å²) in [6.07, 6.45) is 0. The van der Waals surface area contributed by atoms with E-state index >= 15 is 0 Å². The van der Waals surface area contributed by atoms with E-state index in [1.54, 1.807) is 6.07 Å². The van der Waals surface area contributed by atoms with Gasteiger partial charge in [0.15, 0.2) is 0 Å². The smallest absolute Gasteiger partial charge is 0.0577 e. The number of benzene rings is 2. The van der Waals surface area contributed by atoms with Crippen molar-refractivity contribution in [2.45, 2.75) is 13.5 Å². The Morgan fingerprint density at radius 2 is 2.00 bits per heavy atom. The van der Waals surface area contributed by atoms with Gasteiger partial charge in [0.1, 0.15) is 0 Å². The molecule has 0 aromatic heterocycles. The van der Waals surface area contributed by atoms with Crippen LogP contribution in [0.4, 0.5) is 11.4 Å². The summed E-state index contributed by atoms with van der Waals surface area (Å²) in [4.78, 5) is 0. The molecule has 2 nitrogen and oxygen atoms in total. The van der Waals surface area contributed by atoms with Crippen molar-refractivity contribution in [2.75, 3.05) is 11.1 Å². The molecular weight excluding hydrogens is 232 g/mol. The summed E-state index contributed by atoms with van der Waals surface area (Å²) >= 11 is 5.85. The van der Waals surface area contributed by atoms with Gasteiger partial charge in [0.25, 0.3) is 0 Å². The number of anilines is 2. The number of hydrogen-bond acceptors (Lipinski definition) is 2. The SMILES string of the molecule is Cc1cccc(CNc2ccc(Cl)cc2N)c1. The summed E-state index contributed by atoms with van der Waals surface area (Å²) in [6.45, 7) is 2.84. The molecule has 17 heavy (non-hydrogen) atoms. The van der Waals surface area contributed by atoms with Gasteiger partial charge >= 0.3 is 0 Å². The quantitative estimate of drug-likeness (QED) is 0.808. The molecule has 0 spiro atoms. The van der Waals surface area contributed by atoms with Crippen LogP contribution in [0.25, 0.3) is 0 Å². The Bertz CT molecular complexity index is 523. The number of halogens is 1. The minimum Gasteiger partial charge on any atom is -0.397 e. The fraction of sp³-hybridized carbons (Fsp3) is 0.143. The molecule has 0 saturated heterocycles. The minimum atomic E-state index is 0.656. The van der Waals surface area contributed by atoms with E-state index in [9.17, 15) is 0 Å². The third-order valence-electron chi connectivity index (χ3n) is 2.58. The van der Waals surface area contributed by atoms with Crippen LogP contribution in [0.1, 0.15) is 11.1 Å². The van der Waals surface area contributed by atoms with E-state index in [4.69, 9.17) is 17.3 Å². The average Bonchev–Trinajstić information content (AvgIpc) is 2.28. The van der Waals surface area contributed by atoms with Crippen molar-refractivity contribution in [1.82, 2.24) is 0 Å². The molecule has 3 heteroatoms. The molecule has 2 aromatic carbocycles. The zero-order valence-corrected chi connectivity index (χ0v) is 10.5. The van der Waals surface area contributed by atoms with Gasteiger partial charge in [-0.1, -0.05) is 41.4 Å². The summed E-state index contributed by atoms with van der Waals surface area (Å²) in [7, 11) is 0. The number of nitrogens with two attached hydrogens (primary N) is 1. The summed E-state index contributed by atoms with van der Waals surface area (Å²) < 4.78 is 0. The first-order valence-electron chi connectivity index (χ1n) is 5.49. The first-order chi connectivity index (χ1) is 8.15. The third kappa shape index (κ3) is 3.14. The molecule has 2 rings (SSSR count). The summed E-state index contributed by atoms with van der Waals surface area (Å²) in [6, 6.07) is 13.9. The highest BCUT2D eigenvalue weighted by atomic mass is 35.5. The Labute approximate surface area is 106 Å². The van der Waals surface area contributed by atoms with Crippen molar-refractivity contribution in [3.63, 3.8) is 0 Å². The fourth-order valence-corrected chi connectivity index (χ4v) is 1.89. The van der Waals surface area contributed by atoms with Gasteiger partial charge in [-0.2, -0.15) is 0 Å². The molecule has 88 valence electrons. The molecule has 0 unspecified atom stereocenters. The maximum Gasteiger partial charge on any atom is 0.0577 e.